The van der Waals surface area contributed by atoms with Gasteiger partial charge in [0.2, 0.25) is 0 Å². The second-order valence-electron chi connectivity index (χ2n) is 4.76. The standard InChI is InChI=1S/C15H17Cl3N4OS.HI/c1-9-7-21-13(24-9)8-22-15(19-2)20-3-4-23-14-11(17)5-10(16)6-12(14)18;/h5-7H,3-4,8H2,1-2H3,(H2,19,20,22);1H. The molecule has 0 radical (unpaired) electrons. The lowest BCUT2D eigenvalue weighted by Gasteiger charge is -2.13. The highest BCUT2D eigenvalue weighted by Gasteiger charge is 2.09. The topological polar surface area (TPSA) is 58.5 Å². The van der Waals surface area contributed by atoms with E-state index in [2.05, 4.69) is 20.6 Å². The molecule has 0 aliphatic carbocycles. The van der Waals surface area contributed by atoms with Gasteiger partial charge in [0, 0.05) is 23.1 Å². The highest BCUT2D eigenvalue weighted by molar-refractivity contribution is 14.0. The van der Waals surface area contributed by atoms with E-state index in [1.165, 1.54) is 4.88 Å². The third-order valence-corrected chi connectivity index (χ3v) is 4.60. The molecule has 0 saturated carbocycles. The van der Waals surface area contributed by atoms with E-state index in [0.29, 0.717) is 46.5 Å². The van der Waals surface area contributed by atoms with Gasteiger partial charge in [-0.1, -0.05) is 34.8 Å². The van der Waals surface area contributed by atoms with Crippen LogP contribution >= 0.6 is 70.1 Å². The van der Waals surface area contributed by atoms with Crippen LogP contribution in [0.4, 0.5) is 0 Å². The van der Waals surface area contributed by atoms with Crippen LogP contribution < -0.4 is 15.4 Å². The lowest BCUT2D eigenvalue weighted by Crippen LogP contribution is -2.38. The molecule has 0 aliphatic heterocycles. The minimum absolute atomic E-state index is 0. The van der Waals surface area contributed by atoms with Crippen molar-refractivity contribution in [2.45, 2.75) is 13.5 Å². The van der Waals surface area contributed by atoms with Crippen LogP contribution in [0.15, 0.2) is 23.3 Å². The van der Waals surface area contributed by atoms with Gasteiger partial charge in [0.25, 0.3) is 0 Å². The van der Waals surface area contributed by atoms with E-state index in [0.717, 1.165) is 5.01 Å². The summed E-state index contributed by atoms with van der Waals surface area (Å²) >= 11 is 19.6. The van der Waals surface area contributed by atoms with Crippen molar-refractivity contribution in [3.63, 3.8) is 0 Å². The third-order valence-electron chi connectivity index (χ3n) is 2.90. The van der Waals surface area contributed by atoms with E-state index < -0.39 is 0 Å². The van der Waals surface area contributed by atoms with Gasteiger partial charge in [-0.15, -0.1) is 35.3 Å². The summed E-state index contributed by atoms with van der Waals surface area (Å²) in [5, 5.41) is 8.58. The number of aliphatic imine (C=N–C) groups is 1. The summed E-state index contributed by atoms with van der Waals surface area (Å²) in [5.41, 5.74) is 0. The zero-order chi connectivity index (χ0) is 17.5. The van der Waals surface area contributed by atoms with E-state index in [4.69, 9.17) is 39.5 Å². The fourth-order valence-corrected chi connectivity index (χ4v) is 3.51. The molecule has 0 bridgehead atoms. The molecule has 2 aromatic rings. The number of nitrogens with zero attached hydrogens (tertiary/aromatic N) is 2. The van der Waals surface area contributed by atoms with Gasteiger partial charge in [-0.3, -0.25) is 4.99 Å². The summed E-state index contributed by atoms with van der Waals surface area (Å²) in [6.45, 7) is 3.55. The molecule has 10 heteroatoms. The number of hydrogen-bond acceptors (Lipinski definition) is 4. The predicted molar refractivity (Wildman–Crippen MR) is 117 cm³/mol. The molecular weight excluding hydrogens is 518 g/mol. The molecule has 0 saturated heterocycles. The monoisotopic (exact) mass is 534 g/mol. The Bertz CT molecular complexity index is 704. The number of guanidine groups is 1. The Labute approximate surface area is 183 Å². The van der Waals surface area contributed by atoms with Gasteiger partial charge in [-0.05, 0) is 19.1 Å². The maximum atomic E-state index is 6.07. The molecule has 1 aromatic carbocycles. The predicted octanol–water partition coefficient (Wildman–Crippen LogP) is 4.77. The molecule has 0 aliphatic rings. The molecule has 2 rings (SSSR count). The number of thiazole rings is 1. The fraction of sp³-hybridized carbons (Fsp3) is 0.333. The van der Waals surface area contributed by atoms with Crippen LogP contribution in [0.25, 0.3) is 0 Å². The first-order chi connectivity index (χ1) is 11.5. The summed E-state index contributed by atoms with van der Waals surface area (Å²) in [5.74, 6) is 1.09. The van der Waals surface area contributed by atoms with Crippen molar-refractivity contribution < 1.29 is 4.74 Å². The van der Waals surface area contributed by atoms with Gasteiger partial charge >= 0.3 is 0 Å². The zero-order valence-corrected chi connectivity index (χ0v) is 19.0. The first-order valence-corrected chi connectivity index (χ1v) is 9.08. The number of rotatable bonds is 6. The third kappa shape index (κ3) is 7.34. The van der Waals surface area contributed by atoms with Crippen molar-refractivity contribution in [3.05, 3.63) is 43.3 Å². The summed E-state index contributed by atoms with van der Waals surface area (Å²) in [4.78, 5) is 9.62. The van der Waals surface area contributed by atoms with E-state index in [9.17, 15) is 0 Å². The highest BCUT2D eigenvalue weighted by Crippen LogP contribution is 2.35. The molecular formula is C15H18Cl3IN4OS. The van der Waals surface area contributed by atoms with Crippen molar-refractivity contribution in [2.24, 2.45) is 4.99 Å². The molecule has 0 atom stereocenters. The van der Waals surface area contributed by atoms with E-state index >= 15 is 0 Å². The number of ether oxygens (including phenoxy) is 1. The molecule has 0 spiro atoms. The summed E-state index contributed by atoms with van der Waals surface area (Å²) in [6.07, 6.45) is 1.85. The number of hydrogen-bond donors (Lipinski definition) is 2. The number of nitrogens with one attached hydrogen (secondary N) is 2. The normalized spacial score (nSPS) is 11.0. The largest absolute Gasteiger partial charge is 0.489 e. The van der Waals surface area contributed by atoms with Crippen LogP contribution in [0, 0.1) is 6.92 Å². The summed E-state index contributed by atoms with van der Waals surface area (Å²) in [7, 11) is 1.70. The Morgan fingerprint density at radius 3 is 2.48 bits per heavy atom. The molecule has 5 nitrogen and oxygen atoms in total. The zero-order valence-electron chi connectivity index (χ0n) is 13.6. The quantitative estimate of drug-likeness (QED) is 0.242. The molecule has 0 unspecified atom stereocenters. The molecule has 0 amide bonds. The Hall–Kier alpha value is -0.480. The maximum Gasteiger partial charge on any atom is 0.191 e. The van der Waals surface area contributed by atoms with Gasteiger partial charge in [0.15, 0.2) is 11.7 Å². The van der Waals surface area contributed by atoms with Gasteiger partial charge in [0.05, 0.1) is 23.1 Å². The van der Waals surface area contributed by atoms with Crippen LogP contribution in [-0.4, -0.2) is 31.1 Å². The van der Waals surface area contributed by atoms with Gasteiger partial charge < -0.3 is 15.4 Å². The smallest absolute Gasteiger partial charge is 0.191 e. The maximum absolute atomic E-state index is 6.07. The van der Waals surface area contributed by atoms with Crippen LogP contribution in [0.3, 0.4) is 0 Å². The molecule has 1 aromatic heterocycles. The van der Waals surface area contributed by atoms with E-state index in [1.54, 1.807) is 30.5 Å². The van der Waals surface area contributed by atoms with E-state index in [1.807, 2.05) is 13.1 Å². The first kappa shape index (κ1) is 22.6. The molecule has 1 heterocycles. The molecule has 0 fully saturated rings. The van der Waals surface area contributed by atoms with Crippen LogP contribution in [0.1, 0.15) is 9.88 Å². The van der Waals surface area contributed by atoms with Crippen molar-refractivity contribution in [2.75, 3.05) is 20.2 Å². The average molecular weight is 536 g/mol. The minimum atomic E-state index is 0. The molecule has 2 N–H and O–H groups in total. The van der Waals surface area contributed by atoms with Crippen LogP contribution in [0.5, 0.6) is 5.75 Å². The Balaban J connectivity index is 0.00000312. The lowest BCUT2D eigenvalue weighted by molar-refractivity contribution is 0.322. The van der Waals surface area contributed by atoms with Gasteiger partial charge in [0.1, 0.15) is 11.6 Å². The van der Waals surface area contributed by atoms with Crippen molar-refractivity contribution in [1.29, 1.82) is 0 Å². The van der Waals surface area contributed by atoms with Crippen molar-refractivity contribution in [1.82, 2.24) is 15.6 Å². The van der Waals surface area contributed by atoms with Crippen molar-refractivity contribution >= 4 is 76.1 Å². The lowest BCUT2D eigenvalue weighted by atomic mass is 10.3. The molecule has 138 valence electrons. The number of aromatic nitrogens is 1. The summed E-state index contributed by atoms with van der Waals surface area (Å²) in [6, 6.07) is 3.18. The first-order valence-electron chi connectivity index (χ1n) is 7.12. The summed E-state index contributed by atoms with van der Waals surface area (Å²) < 4.78 is 5.61. The SMILES string of the molecule is CN=C(NCCOc1c(Cl)cc(Cl)cc1Cl)NCc1ncc(C)s1.I. The number of halogens is 4. The Morgan fingerprint density at radius 2 is 1.92 bits per heavy atom. The van der Waals surface area contributed by atoms with Crippen molar-refractivity contribution in [3.8, 4) is 5.75 Å². The minimum Gasteiger partial charge on any atom is -0.489 e. The number of benzene rings is 1. The van der Waals surface area contributed by atoms with Gasteiger partial charge in [-0.25, -0.2) is 4.98 Å². The van der Waals surface area contributed by atoms with Crippen LogP contribution in [0.2, 0.25) is 15.1 Å². The van der Waals surface area contributed by atoms with Crippen LogP contribution in [-0.2, 0) is 6.54 Å². The Kier molecular flexibility index (Phi) is 10.2. The number of aryl methyl sites for hydroxylation is 1. The Morgan fingerprint density at radius 1 is 1.24 bits per heavy atom. The average Bonchev–Trinajstić information content (AvgIpc) is 2.94. The van der Waals surface area contributed by atoms with Gasteiger partial charge in [-0.2, -0.15) is 0 Å². The second kappa shape index (κ2) is 11.3. The van der Waals surface area contributed by atoms with E-state index in [-0.39, 0.29) is 24.0 Å². The second-order valence-corrected chi connectivity index (χ2v) is 7.33. The molecule has 25 heavy (non-hydrogen) atoms. The highest BCUT2D eigenvalue weighted by atomic mass is 127. The fourth-order valence-electron chi connectivity index (χ4n) is 1.85.